The first kappa shape index (κ1) is 18.6. The van der Waals surface area contributed by atoms with Gasteiger partial charge in [-0.25, -0.2) is 0 Å². The van der Waals surface area contributed by atoms with Crippen molar-refractivity contribution >= 4 is 25.2 Å². The summed E-state index contributed by atoms with van der Waals surface area (Å²) in [7, 11) is -2.71. The van der Waals surface area contributed by atoms with E-state index in [9.17, 15) is 23.8 Å². The maximum absolute atomic E-state index is 12.1. The Morgan fingerprint density at radius 3 is 2.40 bits per heavy atom. The zero-order valence-corrected chi connectivity index (χ0v) is 12.6. The number of esters is 2. The summed E-state index contributed by atoms with van der Waals surface area (Å²) in [4.78, 5) is 43.1. The van der Waals surface area contributed by atoms with Gasteiger partial charge in [0.05, 0.1) is 13.5 Å². The maximum Gasteiger partial charge on any atom is 0.320 e. The molecule has 0 rings (SSSR count). The van der Waals surface area contributed by atoms with Crippen molar-refractivity contribution in [1.82, 2.24) is 5.32 Å². The lowest BCUT2D eigenvalue weighted by atomic mass is 10.3. The molecule has 0 spiro atoms. The lowest BCUT2D eigenvalue weighted by molar-refractivity contribution is -0.145. The van der Waals surface area contributed by atoms with E-state index in [4.69, 9.17) is 4.74 Å². The molecule has 0 bridgehead atoms. The van der Waals surface area contributed by atoms with Crippen LogP contribution in [0.25, 0.3) is 0 Å². The molecule has 2 N–H and O–H groups in total. The first-order valence-electron chi connectivity index (χ1n) is 6.04. The molecule has 2 atom stereocenters. The summed E-state index contributed by atoms with van der Waals surface area (Å²) in [5.41, 5.74) is -1.22. The quantitative estimate of drug-likeness (QED) is 0.374. The van der Waals surface area contributed by atoms with Crippen molar-refractivity contribution in [3.63, 3.8) is 0 Å². The number of ether oxygens (including phenoxy) is 2. The number of methoxy groups -OCH3 is 1. The molecule has 0 radical (unpaired) electrons. The molecule has 9 heteroatoms. The highest BCUT2D eigenvalue weighted by Gasteiger charge is 2.37. The van der Waals surface area contributed by atoms with E-state index in [1.165, 1.54) is 14.0 Å². The van der Waals surface area contributed by atoms with Gasteiger partial charge in [-0.1, -0.05) is 6.92 Å². The molecule has 0 aromatic heterocycles. The molecule has 20 heavy (non-hydrogen) atoms. The Balaban J connectivity index is 4.54. The van der Waals surface area contributed by atoms with Crippen molar-refractivity contribution in [2.45, 2.75) is 32.3 Å². The second kappa shape index (κ2) is 8.71. The fourth-order valence-corrected chi connectivity index (χ4v) is 3.22. The van der Waals surface area contributed by atoms with Crippen molar-refractivity contribution in [3.8, 4) is 0 Å². The number of carbonyl (C=O) groups excluding carboxylic acids is 3. The van der Waals surface area contributed by atoms with Crippen LogP contribution < -0.4 is 5.32 Å². The Morgan fingerprint density at radius 1 is 1.35 bits per heavy atom. The minimum Gasteiger partial charge on any atom is -0.469 e. The van der Waals surface area contributed by atoms with Crippen LogP contribution in [0.2, 0.25) is 0 Å². The lowest BCUT2D eigenvalue weighted by Gasteiger charge is -2.20. The van der Waals surface area contributed by atoms with Gasteiger partial charge in [0.25, 0.3) is 0 Å². The van der Waals surface area contributed by atoms with Crippen LogP contribution in [-0.4, -0.2) is 48.4 Å². The first-order valence-corrected chi connectivity index (χ1v) is 7.95. The highest BCUT2D eigenvalue weighted by molar-refractivity contribution is 7.59. The van der Waals surface area contributed by atoms with Crippen molar-refractivity contribution in [3.05, 3.63) is 0 Å². The highest BCUT2D eigenvalue weighted by Crippen LogP contribution is 2.48. The van der Waals surface area contributed by atoms with E-state index in [0.29, 0.717) is 0 Å². The molecule has 0 aromatic carbocycles. The van der Waals surface area contributed by atoms with E-state index in [-0.39, 0.29) is 31.6 Å². The summed E-state index contributed by atoms with van der Waals surface area (Å²) in [6.07, 6.45) is -0.513. The molecule has 0 saturated carbocycles. The molecular weight excluding hydrogens is 289 g/mol. The van der Waals surface area contributed by atoms with E-state index < -0.39 is 25.0 Å². The fraction of sp³-hybridized carbons (Fsp3) is 0.727. The van der Waals surface area contributed by atoms with E-state index in [1.54, 1.807) is 6.92 Å². The zero-order chi connectivity index (χ0) is 15.8. The van der Waals surface area contributed by atoms with E-state index in [0.717, 1.165) is 0 Å². The summed E-state index contributed by atoms with van der Waals surface area (Å²) in [6.45, 7) is 2.45. The van der Waals surface area contributed by atoms with Gasteiger partial charge >= 0.3 is 11.9 Å². The molecule has 8 nitrogen and oxygen atoms in total. The zero-order valence-electron chi connectivity index (χ0n) is 11.7. The van der Waals surface area contributed by atoms with Gasteiger partial charge in [0.1, 0.15) is 5.66 Å². The van der Waals surface area contributed by atoms with Gasteiger partial charge in [0, 0.05) is 13.1 Å². The maximum atomic E-state index is 12.1. The normalized spacial score (nSPS) is 14.8. The third-order valence-electron chi connectivity index (χ3n) is 2.55. The molecule has 1 amide bonds. The number of rotatable bonds is 8. The molecule has 0 saturated heterocycles. The number of amides is 1. The summed E-state index contributed by atoms with van der Waals surface area (Å²) in [6, 6.07) is 0. The molecule has 0 aliphatic rings. The van der Waals surface area contributed by atoms with Gasteiger partial charge in [0.2, 0.25) is 13.3 Å². The number of nitrogens with one attached hydrogen (secondary N) is 1. The predicted octanol–water partition coefficient (Wildman–Crippen LogP) is 0.235. The van der Waals surface area contributed by atoms with Gasteiger partial charge in [-0.15, -0.1) is 0 Å². The molecule has 0 aliphatic heterocycles. The SMILES string of the molecule is CCC(C(=O)OCNC(C)=O)P(=O)(O)CCC(=O)OC. The number of carbonyl (C=O) groups is 3. The Labute approximate surface area is 117 Å². The molecule has 0 heterocycles. The van der Waals surface area contributed by atoms with Crippen LogP contribution in [-0.2, 0) is 28.4 Å². The Kier molecular flexibility index (Phi) is 8.10. The summed E-state index contributed by atoms with van der Waals surface area (Å²) < 4.78 is 21.1. The van der Waals surface area contributed by atoms with Crippen molar-refractivity contribution in [2.75, 3.05) is 20.0 Å². The first-order chi connectivity index (χ1) is 9.24. The second-order valence-corrected chi connectivity index (χ2v) is 6.65. The molecular formula is C11H20NO7P. The van der Waals surface area contributed by atoms with Crippen LogP contribution in [0, 0.1) is 0 Å². The van der Waals surface area contributed by atoms with E-state index in [1.807, 2.05) is 0 Å². The second-order valence-electron chi connectivity index (χ2n) is 4.07. The van der Waals surface area contributed by atoms with E-state index in [2.05, 4.69) is 10.1 Å². The lowest BCUT2D eigenvalue weighted by Crippen LogP contribution is -2.30. The largest absolute Gasteiger partial charge is 0.469 e. The smallest absolute Gasteiger partial charge is 0.320 e. The van der Waals surface area contributed by atoms with Crippen LogP contribution in [0.3, 0.4) is 0 Å². The number of hydrogen-bond donors (Lipinski definition) is 2. The van der Waals surface area contributed by atoms with Crippen LogP contribution >= 0.6 is 7.37 Å². The highest BCUT2D eigenvalue weighted by atomic mass is 31.2. The van der Waals surface area contributed by atoms with Gasteiger partial charge in [-0.3, -0.25) is 18.9 Å². The molecule has 0 aromatic rings. The topological polar surface area (TPSA) is 119 Å². The summed E-state index contributed by atoms with van der Waals surface area (Å²) >= 11 is 0. The minimum atomic E-state index is -3.88. The molecule has 116 valence electrons. The van der Waals surface area contributed by atoms with Crippen LogP contribution in [0.1, 0.15) is 26.7 Å². The third kappa shape index (κ3) is 6.68. The Hall–Kier alpha value is -1.40. The van der Waals surface area contributed by atoms with Crippen molar-refractivity contribution < 1.29 is 33.3 Å². The molecule has 2 unspecified atom stereocenters. The number of hydrogen-bond acceptors (Lipinski definition) is 6. The third-order valence-corrected chi connectivity index (χ3v) is 4.96. The average Bonchev–Trinajstić information content (AvgIpc) is 2.36. The predicted molar refractivity (Wildman–Crippen MR) is 70.2 cm³/mol. The minimum absolute atomic E-state index is 0.0911. The van der Waals surface area contributed by atoms with Crippen molar-refractivity contribution in [1.29, 1.82) is 0 Å². The van der Waals surface area contributed by atoms with Crippen LogP contribution in [0.5, 0.6) is 0 Å². The monoisotopic (exact) mass is 309 g/mol. The molecule has 0 fully saturated rings. The average molecular weight is 309 g/mol. The molecule has 0 aliphatic carbocycles. The van der Waals surface area contributed by atoms with Gasteiger partial charge in [0.15, 0.2) is 6.73 Å². The van der Waals surface area contributed by atoms with Crippen molar-refractivity contribution in [2.24, 2.45) is 0 Å². The standard InChI is InChI=1S/C11H20NO7P/c1-4-9(11(15)19-7-12-8(2)13)20(16,17)6-5-10(14)18-3/h9H,4-7H2,1-3H3,(H,12,13)(H,16,17). The van der Waals surface area contributed by atoms with E-state index >= 15 is 0 Å². The van der Waals surface area contributed by atoms with Crippen LogP contribution in [0.15, 0.2) is 0 Å². The fourth-order valence-electron chi connectivity index (χ4n) is 1.43. The Bertz CT molecular complexity index is 410. The van der Waals surface area contributed by atoms with Gasteiger partial charge < -0.3 is 19.7 Å². The van der Waals surface area contributed by atoms with Crippen LogP contribution in [0.4, 0.5) is 0 Å². The Morgan fingerprint density at radius 2 is 1.95 bits per heavy atom. The van der Waals surface area contributed by atoms with Gasteiger partial charge in [-0.05, 0) is 6.42 Å². The summed E-state index contributed by atoms with van der Waals surface area (Å²) in [5, 5.41) is 2.24. The summed E-state index contributed by atoms with van der Waals surface area (Å²) in [5.74, 6) is -1.89. The van der Waals surface area contributed by atoms with Gasteiger partial charge in [-0.2, -0.15) is 0 Å².